The lowest BCUT2D eigenvalue weighted by molar-refractivity contribution is 0.546. The normalized spacial score (nSPS) is 10.8. The maximum atomic E-state index is 6.00. The van der Waals surface area contributed by atoms with Gasteiger partial charge in [-0.25, -0.2) is 4.68 Å². The molecule has 0 aliphatic carbocycles. The van der Waals surface area contributed by atoms with Gasteiger partial charge in [0, 0.05) is 4.47 Å². The number of halogens is 1. The number of aromatic nitrogens is 2. The zero-order valence-electron chi connectivity index (χ0n) is 10.3. The van der Waals surface area contributed by atoms with Crippen molar-refractivity contribution in [1.82, 2.24) is 9.78 Å². The van der Waals surface area contributed by atoms with Gasteiger partial charge in [0.25, 0.3) is 0 Å². The van der Waals surface area contributed by atoms with Crippen LogP contribution in [-0.4, -0.2) is 9.78 Å². The molecule has 4 nitrogen and oxygen atoms in total. The number of hydrogen-bond donors (Lipinski definition) is 1. The highest BCUT2D eigenvalue weighted by molar-refractivity contribution is 9.10. The van der Waals surface area contributed by atoms with E-state index in [2.05, 4.69) is 21.0 Å². The minimum atomic E-state index is 0.592. The van der Waals surface area contributed by atoms with Crippen molar-refractivity contribution < 1.29 is 4.42 Å². The Morgan fingerprint density at radius 2 is 2.11 bits per heavy atom. The lowest BCUT2D eigenvalue weighted by atomic mass is 10.3. The van der Waals surface area contributed by atoms with Gasteiger partial charge in [-0.05, 0) is 37.3 Å². The molecule has 0 unspecified atom stereocenters. The number of furan rings is 1. The Kier molecular flexibility index (Phi) is 2.91. The molecular formula is C14H12BrN3O. The molecule has 3 rings (SSSR count). The second kappa shape index (κ2) is 4.59. The lowest BCUT2D eigenvalue weighted by Gasteiger charge is -2.00. The third-order valence-electron chi connectivity index (χ3n) is 2.79. The molecule has 0 aliphatic heterocycles. The molecule has 5 heteroatoms. The molecule has 0 atom stereocenters. The zero-order chi connectivity index (χ0) is 13.4. The summed E-state index contributed by atoms with van der Waals surface area (Å²) in [4.78, 5) is 0. The van der Waals surface area contributed by atoms with E-state index in [4.69, 9.17) is 10.2 Å². The molecule has 0 amide bonds. The van der Waals surface area contributed by atoms with E-state index < -0.39 is 0 Å². The quantitative estimate of drug-likeness (QED) is 0.782. The number of rotatable bonds is 2. The van der Waals surface area contributed by atoms with Gasteiger partial charge in [-0.2, -0.15) is 5.10 Å². The van der Waals surface area contributed by atoms with Crippen molar-refractivity contribution in [3.63, 3.8) is 0 Å². The van der Waals surface area contributed by atoms with Crippen molar-refractivity contribution >= 4 is 21.6 Å². The number of aryl methyl sites for hydroxylation is 1. The van der Waals surface area contributed by atoms with E-state index in [0.29, 0.717) is 17.1 Å². The second-order valence-corrected chi connectivity index (χ2v) is 5.18. The van der Waals surface area contributed by atoms with E-state index >= 15 is 0 Å². The molecule has 0 saturated heterocycles. The van der Waals surface area contributed by atoms with Crippen LogP contribution < -0.4 is 5.73 Å². The summed E-state index contributed by atoms with van der Waals surface area (Å²) in [6.45, 7) is 1.89. The van der Waals surface area contributed by atoms with Gasteiger partial charge in [0.1, 0.15) is 5.76 Å². The van der Waals surface area contributed by atoms with Crippen molar-refractivity contribution in [3.8, 4) is 17.1 Å². The van der Waals surface area contributed by atoms with Gasteiger partial charge in [0.15, 0.2) is 11.5 Å². The summed E-state index contributed by atoms with van der Waals surface area (Å²) < 4.78 is 8.30. The predicted octanol–water partition coefficient (Wildman–Crippen LogP) is 3.79. The third-order valence-corrected chi connectivity index (χ3v) is 3.28. The van der Waals surface area contributed by atoms with E-state index in [9.17, 15) is 0 Å². The van der Waals surface area contributed by atoms with Gasteiger partial charge in [-0.15, -0.1) is 0 Å². The minimum Gasteiger partial charge on any atom is -0.460 e. The van der Waals surface area contributed by atoms with Crippen LogP contribution in [0.5, 0.6) is 0 Å². The van der Waals surface area contributed by atoms with Gasteiger partial charge in [-0.1, -0.05) is 22.0 Å². The molecule has 0 radical (unpaired) electrons. The molecule has 0 aliphatic rings. The van der Waals surface area contributed by atoms with Gasteiger partial charge in [0.05, 0.1) is 17.6 Å². The van der Waals surface area contributed by atoms with E-state index in [0.717, 1.165) is 15.9 Å². The first-order valence-corrected chi connectivity index (χ1v) is 6.61. The van der Waals surface area contributed by atoms with Crippen LogP contribution in [0.1, 0.15) is 5.76 Å². The molecule has 2 N–H and O–H groups in total. The first kappa shape index (κ1) is 12.0. The van der Waals surface area contributed by atoms with Crippen LogP contribution in [0.2, 0.25) is 0 Å². The molecule has 19 heavy (non-hydrogen) atoms. The van der Waals surface area contributed by atoms with Crippen LogP contribution in [0.3, 0.4) is 0 Å². The first-order valence-electron chi connectivity index (χ1n) is 5.81. The SMILES string of the molecule is Cc1ccc(-c2nn(-c3cccc(Br)c3)cc2N)o1. The Hall–Kier alpha value is -2.01. The Morgan fingerprint density at radius 1 is 1.26 bits per heavy atom. The van der Waals surface area contributed by atoms with Crippen LogP contribution >= 0.6 is 15.9 Å². The van der Waals surface area contributed by atoms with Gasteiger partial charge in [0.2, 0.25) is 0 Å². The average Bonchev–Trinajstić information content (AvgIpc) is 2.95. The largest absolute Gasteiger partial charge is 0.460 e. The van der Waals surface area contributed by atoms with E-state index in [1.807, 2.05) is 43.3 Å². The maximum Gasteiger partial charge on any atom is 0.156 e. The highest BCUT2D eigenvalue weighted by atomic mass is 79.9. The predicted molar refractivity (Wildman–Crippen MR) is 78.1 cm³/mol. The number of nitrogen functional groups attached to an aromatic ring is 1. The Morgan fingerprint density at radius 3 is 2.79 bits per heavy atom. The highest BCUT2D eigenvalue weighted by Crippen LogP contribution is 2.27. The Balaban J connectivity index is 2.06. The van der Waals surface area contributed by atoms with E-state index in [-0.39, 0.29) is 0 Å². The summed E-state index contributed by atoms with van der Waals surface area (Å²) in [5.41, 5.74) is 8.20. The van der Waals surface area contributed by atoms with Crippen LogP contribution in [0.4, 0.5) is 5.69 Å². The van der Waals surface area contributed by atoms with Crippen molar-refractivity contribution in [2.75, 3.05) is 5.73 Å². The number of benzene rings is 1. The highest BCUT2D eigenvalue weighted by Gasteiger charge is 2.12. The maximum absolute atomic E-state index is 6.00. The smallest absolute Gasteiger partial charge is 0.156 e. The first-order chi connectivity index (χ1) is 9.13. The van der Waals surface area contributed by atoms with Gasteiger partial charge < -0.3 is 10.2 Å². The molecular weight excluding hydrogens is 306 g/mol. The van der Waals surface area contributed by atoms with Crippen LogP contribution in [0, 0.1) is 6.92 Å². The second-order valence-electron chi connectivity index (χ2n) is 4.27. The Labute approximate surface area is 119 Å². The monoisotopic (exact) mass is 317 g/mol. The molecule has 96 valence electrons. The fraction of sp³-hybridized carbons (Fsp3) is 0.0714. The summed E-state index contributed by atoms with van der Waals surface area (Å²) >= 11 is 3.44. The number of nitrogens with zero attached hydrogens (tertiary/aromatic N) is 2. The Bertz CT molecular complexity index is 730. The minimum absolute atomic E-state index is 0.592. The van der Waals surface area contributed by atoms with Crippen molar-refractivity contribution in [3.05, 3.63) is 52.8 Å². The molecule has 0 saturated carbocycles. The molecule has 2 aromatic heterocycles. The van der Waals surface area contributed by atoms with Crippen LogP contribution in [-0.2, 0) is 0 Å². The van der Waals surface area contributed by atoms with Crippen molar-refractivity contribution in [2.45, 2.75) is 6.92 Å². The van der Waals surface area contributed by atoms with Gasteiger partial charge in [-0.3, -0.25) is 0 Å². The molecule has 1 aromatic carbocycles. The number of nitrogens with two attached hydrogens (primary N) is 1. The fourth-order valence-corrected chi connectivity index (χ4v) is 2.28. The molecule has 2 heterocycles. The van der Waals surface area contributed by atoms with E-state index in [1.54, 1.807) is 10.9 Å². The molecule has 0 spiro atoms. The summed E-state index contributed by atoms with van der Waals surface area (Å²) in [6, 6.07) is 11.6. The molecule has 0 fully saturated rings. The summed E-state index contributed by atoms with van der Waals surface area (Å²) in [5, 5.41) is 4.48. The fourth-order valence-electron chi connectivity index (χ4n) is 1.89. The topological polar surface area (TPSA) is 57.0 Å². The summed E-state index contributed by atoms with van der Waals surface area (Å²) in [7, 11) is 0. The number of anilines is 1. The molecule has 3 aromatic rings. The van der Waals surface area contributed by atoms with Gasteiger partial charge >= 0.3 is 0 Å². The average molecular weight is 318 g/mol. The third kappa shape index (κ3) is 2.29. The standard InChI is InChI=1S/C14H12BrN3O/c1-9-5-6-13(19-9)14-12(16)8-18(17-14)11-4-2-3-10(15)7-11/h2-8H,16H2,1H3. The number of hydrogen-bond acceptors (Lipinski definition) is 3. The summed E-state index contributed by atoms with van der Waals surface area (Å²) in [5.74, 6) is 1.52. The van der Waals surface area contributed by atoms with Crippen molar-refractivity contribution in [1.29, 1.82) is 0 Å². The van der Waals surface area contributed by atoms with E-state index in [1.165, 1.54) is 0 Å². The zero-order valence-corrected chi connectivity index (χ0v) is 11.9. The van der Waals surface area contributed by atoms with Crippen LogP contribution in [0.15, 0.2) is 51.5 Å². The lowest BCUT2D eigenvalue weighted by Crippen LogP contribution is -1.94. The van der Waals surface area contributed by atoms with Crippen LogP contribution in [0.25, 0.3) is 17.1 Å². The summed E-state index contributed by atoms with van der Waals surface area (Å²) in [6.07, 6.45) is 1.79. The van der Waals surface area contributed by atoms with Crippen molar-refractivity contribution in [2.24, 2.45) is 0 Å². The molecule has 0 bridgehead atoms.